The summed E-state index contributed by atoms with van der Waals surface area (Å²) >= 11 is 8.54. The number of benzene rings is 11. The van der Waals surface area contributed by atoms with Crippen molar-refractivity contribution in [3.8, 4) is 0 Å². The van der Waals surface area contributed by atoms with E-state index < -0.39 is 22.0 Å². The number of carboxylic acids is 1. The van der Waals surface area contributed by atoms with Gasteiger partial charge in [-0.1, -0.05) is 159 Å². The number of imidazole rings is 5. The van der Waals surface area contributed by atoms with Gasteiger partial charge in [-0.15, -0.1) is 69.1 Å². The molecule has 0 saturated carbocycles. The second-order valence-corrected chi connectivity index (χ2v) is 38.9. The number of primary sulfonamides is 1. The Balaban J connectivity index is 0.000000159. The van der Waals surface area contributed by atoms with E-state index in [1.807, 2.05) is 156 Å². The van der Waals surface area contributed by atoms with E-state index in [2.05, 4.69) is 176 Å². The number of hydrogen-bond donors (Lipinski definition) is 5. The zero-order valence-electron chi connectivity index (χ0n) is 79.8. The number of allylic oxidation sites excluding steroid dienone is 2. The SMILES string of the molecule is C=C(C)n1c(=O)[nH]c2ccccc21.C=C(C)n1c(=O)n(Cc2csc3cccc(C)c23)c2ccccc21.C=CC(=O)OC.COC(=O)CCn1c(=O)n(Cc2csc3cccc(C)c23)c2ccccc21.Cc1cccc2scc(CO)c12.Cc1cccc2scc(Cn3c(=O)[nH]c4ccccc43)c12.Cc1cccc2scc(Cn3c(=O)n(CCC(=O)O)c4ccccc43)c12.Cl.NS(=O)(=O)c1ccccc1.[Li+].[OH-]. The molecule has 0 amide bonds. The van der Waals surface area contributed by atoms with Crippen molar-refractivity contribution >= 4 is 214 Å². The van der Waals surface area contributed by atoms with Crippen LogP contribution in [-0.4, -0.2) is 103 Å². The number of aromatic nitrogens is 10. The number of para-hydroxylation sites is 10. The predicted molar refractivity (Wildman–Crippen MR) is 579 cm³/mol. The number of carbonyl (C=O) groups is 3. The average Bonchev–Trinajstić information content (AvgIpc) is 1.61. The second kappa shape index (κ2) is 48.9. The van der Waals surface area contributed by atoms with Gasteiger partial charge in [0, 0.05) is 81.0 Å². The molecule has 0 spiro atoms. The van der Waals surface area contributed by atoms with Gasteiger partial charge >= 0.3 is 65.2 Å². The van der Waals surface area contributed by atoms with Gasteiger partial charge in [0.15, 0.2) is 0 Å². The zero-order valence-corrected chi connectivity index (χ0v) is 85.5. The molecule has 0 aliphatic carbocycles. The molecule has 21 aromatic rings. The largest absolute Gasteiger partial charge is 1.00 e. The molecular weight excluding hydrogens is 1930 g/mol. The van der Waals surface area contributed by atoms with E-state index in [0.29, 0.717) is 32.7 Å². The number of nitrogens with one attached hydrogen (secondary N) is 2. The summed E-state index contributed by atoms with van der Waals surface area (Å²) in [6.45, 7) is 27.8. The minimum Gasteiger partial charge on any atom is -0.870 e. The number of halogens is 1. The first-order chi connectivity index (χ1) is 66.9. The van der Waals surface area contributed by atoms with Crippen LogP contribution in [0.2, 0.25) is 0 Å². The number of thiophene rings is 5. The molecule has 11 aromatic carbocycles. The summed E-state index contributed by atoms with van der Waals surface area (Å²) in [6, 6.07) is 77.8. The number of nitrogens with two attached hydrogens (primary N) is 1. The summed E-state index contributed by atoms with van der Waals surface area (Å²) in [5.41, 5.74) is 21.6. The molecule has 142 heavy (non-hydrogen) atoms. The minimum absolute atomic E-state index is 0. The zero-order chi connectivity index (χ0) is 99.0. The maximum absolute atomic E-state index is 13.1. The van der Waals surface area contributed by atoms with Crippen molar-refractivity contribution in [1.82, 2.24) is 46.5 Å². The molecular formula is C108H105ClLiN11O15S6. The number of aryl methyl sites for hydroxylation is 7. The van der Waals surface area contributed by atoms with Crippen LogP contribution in [-0.2, 0) is 79.8 Å². The summed E-state index contributed by atoms with van der Waals surface area (Å²) in [5.74, 6) is -1.62. The number of hydrogen-bond acceptors (Lipinski definition) is 19. The van der Waals surface area contributed by atoms with Crippen molar-refractivity contribution in [3.05, 3.63) is 403 Å². The smallest absolute Gasteiger partial charge is 0.870 e. The molecule has 0 radical (unpaired) electrons. The third-order valence-electron chi connectivity index (χ3n) is 23.4. The quantitative estimate of drug-likeness (QED) is 0.0285. The van der Waals surface area contributed by atoms with E-state index in [9.17, 15) is 46.8 Å². The normalized spacial score (nSPS) is 10.8. The van der Waals surface area contributed by atoms with Crippen molar-refractivity contribution in [1.29, 1.82) is 0 Å². The van der Waals surface area contributed by atoms with Gasteiger partial charge < -0.3 is 35.1 Å². The molecule has 21 rings (SSSR count). The van der Waals surface area contributed by atoms with E-state index in [0.717, 1.165) is 89.3 Å². The van der Waals surface area contributed by atoms with E-state index in [1.54, 1.807) is 102 Å². The van der Waals surface area contributed by atoms with Crippen molar-refractivity contribution in [3.63, 3.8) is 0 Å². The maximum atomic E-state index is 13.1. The fraction of sp³-hybridized carbons (Fsp3) is 0.167. The molecule has 0 unspecified atom stereocenters. The van der Waals surface area contributed by atoms with Crippen molar-refractivity contribution in [2.75, 3.05) is 14.2 Å². The van der Waals surface area contributed by atoms with Gasteiger partial charge in [-0.3, -0.25) is 46.1 Å². The number of aliphatic hydroxyl groups excluding tert-OH is 1. The molecule has 10 aromatic heterocycles. The third kappa shape index (κ3) is 24.4. The van der Waals surface area contributed by atoms with Crippen molar-refractivity contribution in [2.45, 2.75) is 112 Å². The standard InChI is InChI=1S/C21H20N2O3S.C20H18N2O3S.C20H18N2OS.C17H14N2OS.C10H10N2O.C10H10OS.C6H7NO2S.C4H6O2.ClH.Li.H2O/c1-14-6-5-9-18-20(14)15(13-27-18)12-23-17-8-4-3-7-16(17)22(21(23)25)11-10-19(24)26-2;1-13-5-4-8-17-19(13)14(12-26-17)11-22-16-7-3-2-6-15(16)21(20(22)25)10-9-18(23)24;1-13(2)22-17-9-5-4-8-16(17)21(20(22)23)11-15-12-24-18-10-6-7-14(3)19(15)18;1-11-5-4-8-15-16(11)12(10-21-15)9-19-14-7-3-2-6-13(14)18-17(19)20;1-7(2)12-9-6-4-3-5-8(9)11-10(12)13;1-7-3-2-4-9-10(7)8(5-11)6-12-9;7-10(8,9)6-4-2-1-3-5-6;1-3-4(5)6-2;;;/h3-9,13H,10-12H2,1-2H3;2-8,12H,9-11H2,1H3,(H,23,24);4-10,12H,1,11H2,2-3H3;2-8,10H,9H2,1H3,(H,18,20);3-6H,1H2,2H3,(H,11,13);2-4,6,11H,5H2,1H3;1-5H,(H2,7,8,9);3H,1H2,2H3;1H;;1H2/q;;;;;;;;;+1;/p-1. The number of nitrogens with zero attached hydrogens (tertiary/aromatic N) is 8. The van der Waals surface area contributed by atoms with Crippen LogP contribution >= 0.6 is 69.1 Å². The molecule has 26 nitrogen and oxygen atoms in total. The molecule has 0 saturated heterocycles. The Hall–Kier alpha value is -14.1. The van der Waals surface area contributed by atoms with Crippen LogP contribution in [0.4, 0.5) is 0 Å². The number of ether oxygens (including phenoxy) is 2. The van der Waals surface area contributed by atoms with E-state index in [-0.39, 0.29) is 102 Å². The molecule has 0 bridgehead atoms. The van der Waals surface area contributed by atoms with Gasteiger partial charge in [0.1, 0.15) is 0 Å². The van der Waals surface area contributed by atoms with E-state index >= 15 is 0 Å². The molecule has 0 fully saturated rings. The molecule has 0 aliphatic heterocycles. The van der Waals surface area contributed by atoms with Crippen LogP contribution in [0.25, 0.3) is 117 Å². The van der Waals surface area contributed by atoms with Gasteiger partial charge in [-0.25, -0.2) is 42.3 Å². The fourth-order valence-electron chi connectivity index (χ4n) is 16.9. The average molecular weight is 2030 g/mol. The number of aromatic amines is 2. The van der Waals surface area contributed by atoms with E-state index in [1.165, 1.54) is 116 Å². The van der Waals surface area contributed by atoms with Crippen LogP contribution in [0.1, 0.15) is 82.3 Å². The number of carbonyl (C=O) groups excluding carboxylic acids is 2. The monoisotopic (exact) mass is 2030 g/mol. The number of methoxy groups -OCH3 is 2. The van der Waals surface area contributed by atoms with Crippen LogP contribution in [0.15, 0.2) is 324 Å². The molecule has 0 atom stereocenters. The fourth-order valence-corrected chi connectivity index (χ4v) is 22.6. The number of aliphatic carboxylic acids is 1. The number of sulfonamides is 1. The Kier molecular flexibility index (Phi) is 37.3. The number of fused-ring (bicyclic) bond motifs is 10. The summed E-state index contributed by atoms with van der Waals surface area (Å²) in [6.07, 6.45) is 1.21. The third-order valence-corrected chi connectivity index (χ3v) is 29.3. The number of esters is 2. The number of aliphatic hydroxyl groups is 1. The van der Waals surface area contributed by atoms with Crippen molar-refractivity contribution in [2.24, 2.45) is 5.14 Å². The summed E-state index contributed by atoms with van der Waals surface area (Å²) in [4.78, 5) is 101. The Labute approximate surface area is 855 Å². The second-order valence-electron chi connectivity index (χ2n) is 32.8. The van der Waals surface area contributed by atoms with Crippen molar-refractivity contribution < 1.29 is 66.8 Å². The summed E-state index contributed by atoms with van der Waals surface area (Å²) in [5, 5.41) is 39.6. The van der Waals surface area contributed by atoms with Gasteiger partial charge in [0.05, 0.1) is 120 Å². The maximum Gasteiger partial charge on any atom is 1.00 e. The molecule has 0 aliphatic rings. The molecule has 7 N–H and O–H groups in total. The first kappa shape index (κ1) is 108. The number of carboxylic acid groups (broad SMARTS) is 1. The Morgan fingerprint density at radius 3 is 1.05 bits per heavy atom. The molecule has 726 valence electrons. The molecule has 10 heterocycles. The molecule has 34 heteroatoms. The Morgan fingerprint density at radius 2 is 0.704 bits per heavy atom. The van der Waals surface area contributed by atoms with Crippen LogP contribution in [0, 0.1) is 34.6 Å². The number of rotatable bonds is 19. The topological polar surface area (TPSA) is 357 Å². The van der Waals surface area contributed by atoms with Crippen LogP contribution in [0.3, 0.4) is 0 Å². The van der Waals surface area contributed by atoms with Crippen LogP contribution in [0.5, 0.6) is 0 Å². The van der Waals surface area contributed by atoms with Crippen LogP contribution < -0.4 is 52.4 Å². The van der Waals surface area contributed by atoms with Gasteiger partial charge in [0.25, 0.3) is 0 Å². The van der Waals surface area contributed by atoms with E-state index in [4.69, 9.17) is 20.1 Å². The van der Waals surface area contributed by atoms with Gasteiger partial charge in [-0.05, 0) is 234 Å². The summed E-state index contributed by atoms with van der Waals surface area (Å²) < 4.78 is 50.0. The number of H-pyrrole nitrogens is 2. The van der Waals surface area contributed by atoms with Gasteiger partial charge in [0.2, 0.25) is 10.0 Å². The Morgan fingerprint density at radius 1 is 0.394 bits per heavy atom. The van der Waals surface area contributed by atoms with Gasteiger partial charge in [-0.2, -0.15) is 0 Å². The Bertz CT molecular complexity index is 8630. The summed E-state index contributed by atoms with van der Waals surface area (Å²) in [7, 11) is -0.834. The predicted octanol–water partition coefficient (Wildman–Crippen LogP) is 19.0. The first-order valence-corrected chi connectivity index (χ1v) is 50.1. The minimum atomic E-state index is -3.50. The first-order valence-electron chi connectivity index (χ1n) is 44.1.